The molecule has 0 radical (unpaired) electrons. The van der Waals surface area contributed by atoms with Gasteiger partial charge in [0.05, 0.1) is 7.11 Å². The predicted octanol–water partition coefficient (Wildman–Crippen LogP) is 1.28. The molecule has 2 rings (SSSR count). The maximum Gasteiger partial charge on any atom is 0.203 e. The predicted molar refractivity (Wildman–Crippen MR) is 58.8 cm³/mol. The number of nitrogens with one attached hydrogen (secondary N) is 1. The Balaban J connectivity index is 2.11. The maximum absolute atomic E-state index is 5.68. The van der Waals surface area contributed by atoms with Crippen LogP contribution in [0.25, 0.3) is 0 Å². The fraction of sp³-hybridized carbons (Fsp3) is 0.600. The Hall–Kier alpha value is -1.52. The summed E-state index contributed by atoms with van der Waals surface area (Å²) in [6, 6.07) is 0.512. The van der Waals surface area contributed by atoms with Crippen LogP contribution in [0.1, 0.15) is 19.8 Å². The lowest BCUT2D eigenvalue weighted by Crippen LogP contribution is -2.09. The number of anilines is 2. The van der Waals surface area contributed by atoms with Crippen LogP contribution in [0.15, 0.2) is 6.33 Å². The molecule has 1 aromatic rings. The van der Waals surface area contributed by atoms with Crippen molar-refractivity contribution in [2.45, 2.75) is 25.8 Å². The van der Waals surface area contributed by atoms with Gasteiger partial charge < -0.3 is 15.8 Å². The lowest BCUT2D eigenvalue weighted by Gasteiger charge is -2.10. The molecule has 5 nitrogen and oxygen atoms in total. The Morgan fingerprint density at radius 3 is 3.00 bits per heavy atom. The van der Waals surface area contributed by atoms with E-state index in [9.17, 15) is 0 Å². The quantitative estimate of drug-likeness (QED) is 0.779. The van der Waals surface area contributed by atoms with Crippen molar-refractivity contribution in [2.24, 2.45) is 5.92 Å². The lowest BCUT2D eigenvalue weighted by molar-refractivity contribution is 0.415. The minimum atomic E-state index is 0.378. The summed E-state index contributed by atoms with van der Waals surface area (Å²) in [4.78, 5) is 8.01. The summed E-state index contributed by atoms with van der Waals surface area (Å²) in [7, 11) is 1.57. The topological polar surface area (TPSA) is 73.1 Å². The van der Waals surface area contributed by atoms with Crippen molar-refractivity contribution in [1.29, 1.82) is 0 Å². The average molecular weight is 208 g/mol. The van der Waals surface area contributed by atoms with Crippen molar-refractivity contribution < 1.29 is 4.74 Å². The van der Waals surface area contributed by atoms with Gasteiger partial charge in [0.25, 0.3) is 0 Å². The molecule has 0 aromatic carbocycles. The Morgan fingerprint density at radius 1 is 1.60 bits per heavy atom. The highest BCUT2D eigenvalue weighted by atomic mass is 16.5. The van der Waals surface area contributed by atoms with E-state index in [1.165, 1.54) is 19.2 Å². The van der Waals surface area contributed by atoms with E-state index in [1.807, 2.05) is 0 Å². The number of rotatable bonds is 4. The van der Waals surface area contributed by atoms with Crippen molar-refractivity contribution in [3.63, 3.8) is 0 Å². The van der Waals surface area contributed by atoms with Gasteiger partial charge in [-0.2, -0.15) is 0 Å². The van der Waals surface area contributed by atoms with Crippen molar-refractivity contribution >= 4 is 11.6 Å². The number of hydrogen-bond acceptors (Lipinski definition) is 5. The second kappa shape index (κ2) is 3.92. The molecule has 1 aliphatic rings. The van der Waals surface area contributed by atoms with Crippen LogP contribution in [0.3, 0.4) is 0 Å². The van der Waals surface area contributed by atoms with Crippen LogP contribution in [0, 0.1) is 5.92 Å². The highest BCUT2D eigenvalue weighted by molar-refractivity contribution is 5.62. The first-order valence-electron chi connectivity index (χ1n) is 5.17. The fourth-order valence-electron chi connectivity index (χ4n) is 1.74. The zero-order chi connectivity index (χ0) is 10.8. The first-order valence-corrected chi connectivity index (χ1v) is 5.17. The van der Waals surface area contributed by atoms with Crippen LogP contribution in [-0.4, -0.2) is 23.1 Å². The Bertz CT molecular complexity index is 355. The summed E-state index contributed by atoms with van der Waals surface area (Å²) < 4.78 is 5.16. The number of nitrogens with two attached hydrogens (primary N) is 1. The summed E-state index contributed by atoms with van der Waals surface area (Å²) >= 11 is 0. The molecular weight excluding hydrogens is 192 g/mol. The van der Waals surface area contributed by atoms with Gasteiger partial charge >= 0.3 is 0 Å². The average Bonchev–Trinajstić information content (AvgIpc) is 2.97. The molecule has 82 valence electrons. The molecule has 0 aliphatic heterocycles. The van der Waals surface area contributed by atoms with Gasteiger partial charge in [-0.3, -0.25) is 0 Å². The van der Waals surface area contributed by atoms with Crippen molar-refractivity contribution in [2.75, 3.05) is 18.2 Å². The zero-order valence-electron chi connectivity index (χ0n) is 9.03. The molecule has 0 saturated heterocycles. The number of aromatic nitrogens is 2. The van der Waals surface area contributed by atoms with E-state index in [1.54, 1.807) is 7.11 Å². The van der Waals surface area contributed by atoms with E-state index in [0.717, 1.165) is 5.92 Å². The van der Waals surface area contributed by atoms with Gasteiger partial charge in [-0.1, -0.05) is 13.3 Å². The molecular formula is C10H16N4O. The fourth-order valence-corrected chi connectivity index (χ4v) is 1.74. The van der Waals surface area contributed by atoms with Crippen molar-refractivity contribution in [3.8, 4) is 5.75 Å². The van der Waals surface area contributed by atoms with E-state index in [0.29, 0.717) is 23.4 Å². The summed E-state index contributed by atoms with van der Waals surface area (Å²) in [5.41, 5.74) is 5.68. The van der Waals surface area contributed by atoms with Crippen molar-refractivity contribution in [3.05, 3.63) is 6.33 Å². The summed E-state index contributed by atoms with van der Waals surface area (Å²) in [5.74, 6) is 2.37. The van der Waals surface area contributed by atoms with Crippen LogP contribution in [0.2, 0.25) is 0 Å². The first kappa shape index (κ1) is 10.0. The minimum absolute atomic E-state index is 0.378. The van der Waals surface area contributed by atoms with E-state index >= 15 is 0 Å². The van der Waals surface area contributed by atoms with E-state index in [4.69, 9.17) is 10.5 Å². The summed E-state index contributed by atoms with van der Waals surface area (Å²) in [5, 5.41) is 3.32. The third kappa shape index (κ3) is 1.95. The van der Waals surface area contributed by atoms with Crippen LogP contribution < -0.4 is 15.8 Å². The zero-order valence-corrected chi connectivity index (χ0v) is 9.03. The molecule has 1 heterocycles. The van der Waals surface area contributed by atoms with Gasteiger partial charge in [0.2, 0.25) is 5.75 Å². The molecule has 15 heavy (non-hydrogen) atoms. The van der Waals surface area contributed by atoms with Gasteiger partial charge in [0.1, 0.15) is 6.33 Å². The Labute approximate surface area is 89.1 Å². The Morgan fingerprint density at radius 2 is 2.40 bits per heavy atom. The second-order valence-corrected chi connectivity index (χ2v) is 3.80. The summed E-state index contributed by atoms with van der Waals surface area (Å²) in [6.07, 6.45) is 3.84. The SMILES string of the molecule is CCC1CC1Nc1ncnc(N)c1OC. The number of hydrogen-bond donors (Lipinski definition) is 2. The minimum Gasteiger partial charge on any atom is -0.490 e. The van der Waals surface area contributed by atoms with E-state index < -0.39 is 0 Å². The van der Waals surface area contributed by atoms with E-state index in [2.05, 4.69) is 22.2 Å². The monoisotopic (exact) mass is 208 g/mol. The van der Waals surface area contributed by atoms with Gasteiger partial charge in [-0.25, -0.2) is 9.97 Å². The molecule has 3 N–H and O–H groups in total. The maximum atomic E-state index is 5.68. The molecule has 1 fully saturated rings. The highest BCUT2D eigenvalue weighted by Gasteiger charge is 2.36. The molecule has 2 atom stereocenters. The van der Waals surface area contributed by atoms with E-state index in [-0.39, 0.29) is 0 Å². The summed E-state index contributed by atoms with van der Waals surface area (Å²) in [6.45, 7) is 2.19. The van der Waals surface area contributed by atoms with Crippen LogP contribution in [0.5, 0.6) is 5.75 Å². The largest absolute Gasteiger partial charge is 0.490 e. The third-order valence-electron chi connectivity index (χ3n) is 2.80. The molecule has 1 saturated carbocycles. The first-order chi connectivity index (χ1) is 7.26. The van der Waals surface area contributed by atoms with Gasteiger partial charge in [0.15, 0.2) is 11.6 Å². The molecule has 1 aromatic heterocycles. The van der Waals surface area contributed by atoms with Crippen molar-refractivity contribution in [1.82, 2.24) is 9.97 Å². The highest BCUT2D eigenvalue weighted by Crippen LogP contribution is 2.38. The molecule has 0 spiro atoms. The van der Waals surface area contributed by atoms with Gasteiger partial charge in [-0.15, -0.1) is 0 Å². The Kier molecular flexibility index (Phi) is 2.62. The molecule has 0 amide bonds. The van der Waals surface area contributed by atoms with Gasteiger partial charge in [0, 0.05) is 6.04 Å². The van der Waals surface area contributed by atoms with Crippen LogP contribution in [-0.2, 0) is 0 Å². The van der Waals surface area contributed by atoms with Crippen LogP contribution >= 0.6 is 0 Å². The number of methoxy groups -OCH3 is 1. The molecule has 5 heteroatoms. The standard InChI is InChI=1S/C10H16N4O/c1-3-6-4-7(6)14-10-8(15-2)9(11)12-5-13-10/h5-7H,3-4H2,1-2H3,(H3,11,12,13,14). The number of ether oxygens (including phenoxy) is 1. The molecule has 0 bridgehead atoms. The second-order valence-electron chi connectivity index (χ2n) is 3.80. The lowest BCUT2D eigenvalue weighted by atomic mass is 10.3. The number of nitrogen functional groups attached to an aromatic ring is 1. The number of nitrogens with zero attached hydrogens (tertiary/aromatic N) is 2. The van der Waals surface area contributed by atoms with Crippen LogP contribution in [0.4, 0.5) is 11.6 Å². The smallest absolute Gasteiger partial charge is 0.203 e. The van der Waals surface area contributed by atoms with Gasteiger partial charge in [-0.05, 0) is 12.3 Å². The third-order valence-corrected chi connectivity index (χ3v) is 2.80. The molecule has 2 unspecified atom stereocenters. The normalized spacial score (nSPS) is 23.6. The molecule has 1 aliphatic carbocycles.